The minimum Gasteiger partial charge on any atom is -0.494 e. The Morgan fingerprint density at radius 1 is 1.29 bits per heavy atom. The third-order valence-corrected chi connectivity index (χ3v) is 3.29. The van der Waals surface area contributed by atoms with Crippen LogP contribution in [0.4, 0.5) is 11.5 Å². The summed E-state index contributed by atoms with van der Waals surface area (Å²) in [4.78, 5) is 19.7. The minimum absolute atomic E-state index is 0.0885. The van der Waals surface area contributed by atoms with Gasteiger partial charge in [-0.15, -0.1) is 0 Å². The molecule has 7 nitrogen and oxygen atoms in total. The fourth-order valence-corrected chi connectivity index (χ4v) is 2.30. The van der Waals surface area contributed by atoms with E-state index in [1.165, 1.54) is 6.33 Å². The Morgan fingerprint density at radius 2 is 2.14 bits per heavy atom. The number of nitrogens with zero attached hydrogens (tertiary/aromatic N) is 2. The number of carbonyl (C=O) groups is 1. The molecule has 21 heavy (non-hydrogen) atoms. The molecule has 1 aromatic heterocycles. The van der Waals surface area contributed by atoms with Gasteiger partial charge in [0.25, 0.3) is 5.91 Å². The van der Waals surface area contributed by atoms with Crippen molar-refractivity contribution in [3.63, 3.8) is 0 Å². The smallest absolute Gasteiger partial charge is 0.252 e. The summed E-state index contributed by atoms with van der Waals surface area (Å²) >= 11 is 0. The number of ether oxygens (including phenoxy) is 2. The van der Waals surface area contributed by atoms with Crippen LogP contribution in [0.5, 0.6) is 11.5 Å². The molecule has 3 rings (SSSR count). The van der Waals surface area contributed by atoms with E-state index in [2.05, 4.69) is 20.6 Å². The molecule has 1 aliphatic rings. The molecule has 1 amide bonds. The second-order valence-corrected chi connectivity index (χ2v) is 4.42. The van der Waals surface area contributed by atoms with Crippen LogP contribution in [0, 0.1) is 0 Å². The van der Waals surface area contributed by atoms with Gasteiger partial charge in [-0.1, -0.05) is 0 Å². The van der Waals surface area contributed by atoms with Crippen molar-refractivity contribution in [2.75, 3.05) is 19.5 Å². The lowest BCUT2D eigenvalue weighted by molar-refractivity contribution is 0.0966. The first-order chi connectivity index (χ1) is 10.2. The zero-order chi connectivity index (χ0) is 14.8. The molecule has 0 fully saturated rings. The van der Waals surface area contributed by atoms with Gasteiger partial charge in [0.2, 0.25) is 0 Å². The molecule has 108 valence electrons. The topological polar surface area (TPSA) is 85.4 Å². The number of benzene rings is 1. The molecule has 0 bridgehead atoms. The van der Waals surface area contributed by atoms with E-state index in [-0.39, 0.29) is 5.91 Å². The van der Waals surface area contributed by atoms with Crippen LogP contribution < -0.4 is 20.1 Å². The summed E-state index contributed by atoms with van der Waals surface area (Å²) in [7, 11) is 3.12. The van der Waals surface area contributed by atoms with Gasteiger partial charge in [0, 0.05) is 17.7 Å². The molecule has 2 heterocycles. The number of methoxy groups -OCH3 is 2. The molecule has 1 aromatic carbocycles. The Hall–Kier alpha value is -2.83. The monoisotopic (exact) mass is 286 g/mol. The van der Waals surface area contributed by atoms with Crippen molar-refractivity contribution in [2.24, 2.45) is 0 Å². The van der Waals surface area contributed by atoms with Gasteiger partial charge in [0.1, 0.15) is 12.1 Å². The predicted octanol–water partition coefficient (Wildman–Crippen LogP) is 1.48. The van der Waals surface area contributed by atoms with E-state index in [4.69, 9.17) is 9.47 Å². The summed E-state index contributed by atoms with van der Waals surface area (Å²) in [6.07, 6.45) is 3.00. The maximum Gasteiger partial charge on any atom is 0.252 e. The second-order valence-electron chi connectivity index (χ2n) is 4.42. The van der Waals surface area contributed by atoms with Gasteiger partial charge >= 0.3 is 0 Å². The second kappa shape index (κ2) is 5.28. The van der Waals surface area contributed by atoms with Gasteiger partial charge in [-0.2, -0.15) is 0 Å². The molecule has 0 saturated carbocycles. The molecule has 0 atom stereocenters. The van der Waals surface area contributed by atoms with E-state index < -0.39 is 0 Å². The number of hydrogen-bond acceptors (Lipinski definition) is 6. The van der Waals surface area contributed by atoms with Gasteiger partial charge < -0.3 is 20.1 Å². The normalized spacial score (nSPS) is 12.6. The number of anilines is 2. The van der Waals surface area contributed by atoms with Crippen molar-refractivity contribution < 1.29 is 14.3 Å². The van der Waals surface area contributed by atoms with Gasteiger partial charge in [0.15, 0.2) is 11.6 Å². The molecule has 0 spiro atoms. The molecule has 0 aliphatic carbocycles. The fourth-order valence-electron chi connectivity index (χ4n) is 2.30. The number of nitrogens with one attached hydrogen (secondary N) is 2. The van der Waals surface area contributed by atoms with Gasteiger partial charge in [-0.05, 0) is 12.1 Å². The van der Waals surface area contributed by atoms with Crippen LogP contribution in [0.3, 0.4) is 0 Å². The third-order valence-electron chi connectivity index (χ3n) is 3.29. The van der Waals surface area contributed by atoms with E-state index in [9.17, 15) is 4.79 Å². The number of hydrogen-bond donors (Lipinski definition) is 2. The highest BCUT2D eigenvalue weighted by molar-refractivity contribution is 6.00. The number of amides is 1. The van der Waals surface area contributed by atoms with Crippen LogP contribution in [0.2, 0.25) is 0 Å². The zero-order valence-electron chi connectivity index (χ0n) is 11.6. The Kier molecular flexibility index (Phi) is 3.31. The lowest BCUT2D eigenvalue weighted by Crippen LogP contribution is -2.12. The largest absolute Gasteiger partial charge is 0.494 e. The first-order valence-electron chi connectivity index (χ1n) is 6.33. The molecule has 0 saturated heterocycles. The summed E-state index contributed by atoms with van der Waals surface area (Å²) in [6.45, 7) is 0.452. The Labute approximate surface area is 121 Å². The van der Waals surface area contributed by atoms with Crippen molar-refractivity contribution >= 4 is 17.4 Å². The standard InChI is InChI=1S/C14H14N4O3/c1-20-11-6-15-7-17-13(11)18-10-4-3-8-9(12(10)21-2)5-16-14(8)19/h3-4,6-7H,5H2,1-2H3,(H,16,19)(H,15,17,18). The highest BCUT2D eigenvalue weighted by Crippen LogP contribution is 2.36. The maximum atomic E-state index is 11.7. The lowest BCUT2D eigenvalue weighted by Gasteiger charge is -2.14. The molecular weight excluding hydrogens is 272 g/mol. The van der Waals surface area contributed by atoms with E-state index in [0.29, 0.717) is 35.1 Å². The minimum atomic E-state index is -0.0885. The SMILES string of the molecule is COc1cncnc1Nc1ccc2c(c1OC)CNC2=O. The van der Waals surface area contributed by atoms with Gasteiger partial charge in [0.05, 0.1) is 26.1 Å². The number of aromatic nitrogens is 2. The number of carbonyl (C=O) groups excluding carboxylic acids is 1. The summed E-state index contributed by atoms with van der Waals surface area (Å²) in [6, 6.07) is 3.54. The van der Waals surface area contributed by atoms with Crippen LogP contribution in [-0.2, 0) is 6.54 Å². The van der Waals surface area contributed by atoms with E-state index >= 15 is 0 Å². The first-order valence-corrected chi connectivity index (χ1v) is 6.33. The van der Waals surface area contributed by atoms with Crippen molar-refractivity contribution in [1.82, 2.24) is 15.3 Å². The van der Waals surface area contributed by atoms with Gasteiger partial charge in [-0.3, -0.25) is 4.79 Å². The van der Waals surface area contributed by atoms with E-state index in [1.54, 1.807) is 32.5 Å². The average molecular weight is 286 g/mol. The van der Waals surface area contributed by atoms with Crippen molar-refractivity contribution in [2.45, 2.75) is 6.54 Å². The molecular formula is C14H14N4O3. The third kappa shape index (κ3) is 2.22. The van der Waals surface area contributed by atoms with Crippen LogP contribution >= 0.6 is 0 Å². The van der Waals surface area contributed by atoms with Crippen molar-refractivity contribution in [1.29, 1.82) is 0 Å². The maximum absolute atomic E-state index is 11.7. The molecule has 1 aliphatic heterocycles. The Balaban J connectivity index is 2.02. The summed E-state index contributed by atoms with van der Waals surface area (Å²) < 4.78 is 10.6. The van der Waals surface area contributed by atoms with Crippen LogP contribution in [0.25, 0.3) is 0 Å². The molecule has 2 N–H and O–H groups in total. The lowest BCUT2D eigenvalue weighted by atomic mass is 10.1. The summed E-state index contributed by atoms with van der Waals surface area (Å²) in [5.74, 6) is 1.58. The average Bonchev–Trinajstić information content (AvgIpc) is 2.89. The summed E-state index contributed by atoms with van der Waals surface area (Å²) in [5, 5.41) is 5.92. The van der Waals surface area contributed by atoms with Gasteiger partial charge in [-0.25, -0.2) is 9.97 Å². The Morgan fingerprint density at radius 3 is 2.90 bits per heavy atom. The summed E-state index contributed by atoms with van der Waals surface area (Å²) in [5.41, 5.74) is 2.18. The quantitative estimate of drug-likeness (QED) is 0.885. The molecule has 2 aromatic rings. The Bertz CT molecular complexity index is 703. The van der Waals surface area contributed by atoms with Crippen LogP contribution in [0.15, 0.2) is 24.7 Å². The first kappa shape index (κ1) is 13.2. The molecule has 0 unspecified atom stereocenters. The fraction of sp³-hybridized carbons (Fsp3) is 0.214. The van der Waals surface area contributed by atoms with Crippen LogP contribution in [-0.4, -0.2) is 30.1 Å². The predicted molar refractivity (Wildman–Crippen MR) is 76.0 cm³/mol. The highest BCUT2D eigenvalue weighted by Gasteiger charge is 2.24. The van der Waals surface area contributed by atoms with E-state index in [0.717, 1.165) is 5.56 Å². The number of fused-ring (bicyclic) bond motifs is 1. The van der Waals surface area contributed by atoms with Crippen molar-refractivity contribution in [3.8, 4) is 11.5 Å². The van der Waals surface area contributed by atoms with E-state index in [1.807, 2.05) is 0 Å². The number of rotatable bonds is 4. The zero-order valence-corrected chi connectivity index (χ0v) is 11.6. The molecule has 7 heteroatoms. The van der Waals surface area contributed by atoms with Crippen LogP contribution in [0.1, 0.15) is 15.9 Å². The van der Waals surface area contributed by atoms with Crippen molar-refractivity contribution in [3.05, 3.63) is 35.8 Å². The molecule has 0 radical (unpaired) electrons. The highest BCUT2D eigenvalue weighted by atomic mass is 16.5.